The molecule has 6 heteroatoms. The van der Waals surface area contributed by atoms with Crippen molar-refractivity contribution in [1.82, 2.24) is 5.32 Å². The Morgan fingerprint density at radius 2 is 0.981 bits per heavy atom. The molecule has 310 valence electrons. The predicted molar refractivity (Wildman–Crippen MR) is 227 cm³/mol. The van der Waals surface area contributed by atoms with Gasteiger partial charge in [-0.25, -0.2) is 0 Å². The lowest BCUT2D eigenvalue weighted by atomic mass is 10.0. The summed E-state index contributed by atoms with van der Waals surface area (Å²) >= 11 is 0. The smallest absolute Gasteiger partial charge is 0.305 e. The van der Waals surface area contributed by atoms with Crippen molar-refractivity contribution < 1.29 is 24.5 Å². The Balaban J connectivity index is 3.53. The summed E-state index contributed by atoms with van der Waals surface area (Å²) in [5.74, 6) is -0.122. The summed E-state index contributed by atoms with van der Waals surface area (Å²) in [6.45, 7) is 4.76. The SMILES string of the molecule is CCC/C=C\C/C=C\CCCCCCCC(=O)OCCCCCCCCCCCCCC(=O)NC(CO)C(O)/C=C/CCCCCCCCCCCC. The van der Waals surface area contributed by atoms with Crippen LogP contribution in [0.25, 0.3) is 0 Å². The molecule has 0 aliphatic rings. The highest BCUT2D eigenvalue weighted by atomic mass is 16.5. The van der Waals surface area contributed by atoms with Gasteiger partial charge in [0.15, 0.2) is 0 Å². The van der Waals surface area contributed by atoms with E-state index in [0.717, 1.165) is 70.6 Å². The summed E-state index contributed by atoms with van der Waals surface area (Å²) in [6, 6.07) is -0.641. The summed E-state index contributed by atoms with van der Waals surface area (Å²) in [5, 5.41) is 22.9. The van der Waals surface area contributed by atoms with Gasteiger partial charge in [0.25, 0.3) is 0 Å². The lowest BCUT2D eigenvalue weighted by molar-refractivity contribution is -0.143. The van der Waals surface area contributed by atoms with Crippen LogP contribution in [0.1, 0.15) is 226 Å². The maximum Gasteiger partial charge on any atom is 0.305 e. The first-order valence-electron chi connectivity index (χ1n) is 22.8. The Morgan fingerprint density at radius 3 is 1.51 bits per heavy atom. The van der Waals surface area contributed by atoms with Crippen molar-refractivity contribution in [1.29, 1.82) is 0 Å². The van der Waals surface area contributed by atoms with Crippen molar-refractivity contribution in [2.75, 3.05) is 13.2 Å². The van der Waals surface area contributed by atoms with E-state index in [0.29, 0.717) is 19.4 Å². The van der Waals surface area contributed by atoms with Gasteiger partial charge in [0.05, 0.1) is 25.4 Å². The van der Waals surface area contributed by atoms with E-state index in [4.69, 9.17) is 4.74 Å². The number of aliphatic hydroxyl groups excluding tert-OH is 2. The lowest BCUT2D eigenvalue weighted by Crippen LogP contribution is -2.45. The monoisotopic (exact) mass is 746 g/mol. The van der Waals surface area contributed by atoms with Crippen molar-refractivity contribution in [3.8, 4) is 0 Å². The summed E-state index contributed by atoms with van der Waals surface area (Å²) in [7, 11) is 0. The topological polar surface area (TPSA) is 95.9 Å². The molecule has 0 rings (SSSR count). The van der Waals surface area contributed by atoms with Gasteiger partial charge in [-0.05, 0) is 57.8 Å². The van der Waals surface area contributed by atoms with Crippen LogP contribution >= 0.6 is 0 Å². The number of aliphatic hydroxyl groups is 2. The summed E-state index contributed by atoms with van der Waals surface area (Å²) in [5.41, 5.74) is 0. The van der Waals surface area contributed by atoms with E-state index in [9.17, 15) is 19.8 Å². The van der Waals surface area contributed by atoms with Crippen LogP contribution in [0.15, 0.2) is 36.5 Å². The summed E-state index contributed by atoms with van der Waals surface area (Å²) in [6.07, 6.45) is 49.8. The number of rotatable bonds is 41. The molecule has 0 aliphatic heterocycles. The third-order valence-corrected chi connectivity index (χ3v) is 10.1. The van der Waals surface area contributed by atoms with Crippen LogP contribution in [0, 0.1) is 0 Å². The maximum atomic E-state index is 12.4. The van der Waals surface area contributed by atoms with Gasteiger partial charge in [-0.1, -0.05) is 192 Å². The number of hydrogen-bond acceptors (Lipinski definition) is 5. The fraction of sp³-hybridized carbons (Fsp3) is 0.830. The summed E-state index contributed by atoms with van der Waals surface area (Å²) < 4.78 is 5.43. The van der Waals surface area contributed by atoms with Crippen molar-refractivity contribution in [2.24, 2.45) is 0 Å². The Kier molecular flexibility index (Phi) is 41.3. The fourth-order valence-electron chi connectivity index (χ4n) is 6.61. The number of hydrogen-bond donors (Lipinski definition) is 3. The highest BCUT2D eigenvalue weighted by Crippen LogP contribution is 2.14. The average molecular weight is 746 g/mol. The Bertz CT molecular complexity index is 869. The molecule has 0 heterocycles. The molecule has 0 aliphatic carbocycles. The number of carbonyl (C=O) groups excluding carboxylic acids is 2. The third-order valence-electron chi connectivity index (χ3n) is 10.1. The van der Waals surface area contributed by atoms with Gasteiger partial charge in [0.1, 0.15) is 0 Å². The molecule has 0 aromatic rings. The Hall–Kier alpha value is -1.92. The molecule has 0 saturated carbocycles. The third kappa shape index (κ3) is 39.6. The zero-order valence-corrected chi connectivity index (χ0v) is 35.0. The number of amides is 1. The van der Waals surface area contributed by atoms with E-state index >= 15 is 0 Å². The standard InChI is InChI=1S/C47H87NO5/c1-3-5-7-9-11-13-15-17-21-25-29-33-37-41-47(52)53-42-38-34-30-26-22-18-20-24-28-32-36-40-46(51)48-44(43-49)45(50)39-35-31-27-23-19-16-14-12-10-8-6-4-2/h7,9,13,15,35,39,44-45,49-50H,3-6,8,10-12,14,16-34,36-38,40-43H2,1-2H3,(H,48,51)/b9-7-,15-13-,39-35+. The van der Waals surface area contributed by atoms with Gasteiger partial charge in [0, 0.05) is 12.8 Å². The number of nitrogens with one attached hydrogen (secondary N) is 1. The molecule has 0 aromatic heterocycles. The first-order chi connectivity index (χ1) is 26.0. The first-order valence-corrected chi connectivity index (χ1v) is 22.8. The molecule has 0 saturated heterocycles. The van der Waals surface area contributed by atoms with Crippen LogP contribution in [0.4, 0.5) is 0 Å². The van der Waals surface area contributed by atoms with E-state index in [-0.39, 0.29) is 18.5 Å². The first kappa shape index (κ1) is 51.1. The van der Waals surface area contributed by atoms with E-state index in [1.807, 2.05) is 6.08 Å². The van der Waals surface area contributed by atoms with E-state index in [1.165, 1.54) is 128 Å². The van der Waals surface area contributed by atoms with Gasteiger partial charge in [-0.2, -0.15) is 0 Å². The molecular formula is C47H87NO5. The number of allylic oxidation sites excluding steroid dienone is 5. The van der Waals surface area contributed by atoms with Gasteiger partial charge in [-0.15, -0.1) is 0 Å². The molecule has 0 fully saturated rings. The highest BCUT2D eigenvalue weighted by Gasteiger charge is 2.18. The number of carbonyl (C=O) groups is 2. The Labute approximate surface area is 328 Å². The zero-order chi connectivity index (χ0) is 38.7. The van der Waals surface area contributed by atoms with Crippen molar-refractivity contribution in [2.45, 2.75) is 238 Å². The molecule has 0 radical (unpaired) electrons. The van der Waals surface area contributed by atoms with Crippen LogP contribution in [0.5, 0.6) is 0 Å². The Morgan fingerprint density at radius 1 is 0.528 bits per heavy atom. The zero-order valence-electron chi connectivity index (χ0n) is 35.0. The largest absolute Gasteiger partial charge is 0.466 e. The molecule has 2 unspecified atom stereocenters. The number of ether oxygens (including phenoxy) is 1. The minimum absolute atomic E-state index is 0.0320. The minimum atomic E-state index is -0.856. The fourth-order valence-corrected chi connectivity index (χ4v) is 6.61. The number of unbranched alkanes of at least 4 members (excludes halogenated alkanes) is 26. The van der Waals surface area contributed by atoms with Crippen molar-refractivity contribution >= 4 is 11.9 Å². The van der Waals surface area contributed by atoms with Crippen LogP contribution in [-0.4, -0.2) is 47.4 Å². The lowest BCUT2D eigenvalue weighted by Gasteiger charge is -2.20. The molecule has 53 heavy (non-hydrogen) atoms. The van der Waals surface area contributed by atoms with Gasteiger partial charge in [0.2, 0.25) is 5.91 Å². The minimum Gasteiger partial charge on any atom is -0.466 e. The molecule has 6 nitrogen and oxygen atoms in total. The van der Waals surface area contributed by atoms with Crippen LogP contribution in [0.2, 0.25) is 0 Å². The van der Waals surface area contributed by atoms with E-state index < -0.39 is 12.1 Å². The van der Waals surface area contributed by atoms with Crippen molar-refractivity contribution in [3.05, 3.63) is 36.5 Å². The van der Waals surface area contributed by atoms with E-state index in [1.54, 1.807) is 6.08 Å². The quantitative estimate of drug-likeness (QED) is 0.0329. The molecular weight excluding hydrogens is 659 g/mol. The van der Waals surface area contributed by atoms with Crippen LogP contribution in [0.3, 0.4) is 0 Å². The van der Waals surface area contributed by atoms with Crippen LogP contribution in [-0.2, 0) is 14.3 Å². The second-order valence-corrected chi connectivity index (χ2v) is 15.4. The molecule has 0 bridgehead atoms. The second kappa shape index (κ2) is 42.8. The normalized spacial score (nSPS) is 13.1. The molecule has 2 atom stereocenters. The predicted octanol–water partition coefficient (Wildman–Crippen LogP) is 12.9. The molecule has 1 amide bonds. The van der Waals surface area contributed by atoms with Gasteiger partial charge in [-0.3, -0.25) is 9.59 Å². The maximum absolute atomic E-state index is 12.4. The number of esters is 1. The highest BCUT2D eigenvalue weighted by molar-refractivity contribution is 5.76. The van der Waals surface area contributed by atoms with Gasteiger partial charge < -0.3 is 20.3 Å². The van der Waals surface area contributed by atoms with Crippen LogP contribution < -0.4 is 5.32 Å². The molecule has 0 aromatic carbocycles. The second-order valence-electron chi connectivity index (χ2n) is 15.4. The average Bonchev–Trinajstić information content (AvgIpc) is 3.16. The van der Waals surface area contributed by atoms with E-state index in [2.05, 4.69) is 43.5 Å². The molecule has 3 N–H and O–H groups in total. The summed E-state index contributed by atoms with van der Waals surface area (Å²) in [4.78, 5) is 24.3. The molecule has 0 spiro atoms. The van der Waals surface area contributed by atoms with Crippen molar-refractivity contribution in [3.63, 3.8) is 0 Å². The van der Waals surface area contributed by atoms with Gasteiger partial charge >= 0.3 is 5.97 Å².